The Balaban J connectivity index is 0.000000129. The second kappa shape index (κ2) is 36.7. The molecule has 28 atom stereocenters. The number of phosphoric ester groups is 2. The van der Waals surface area contributed by atoms with Gasteiger partial charge in [0.2, 0.25) is 29.2 Å². The van der Waals surface area contributed by atoms with Gasteiger partial charge < -0.3 is 88.4 Å². The Hall–Kier alpha value is -6.88. The SMILES string of the molecule is Nc1nc2c(ncn2[C@@H]2O[C@@H]3COP(=O)(S)O[C@H]4[C@H](F)[C@H](n5cnc6c5N=CCC6=O)O[C@@H]4COP(=S)(S)O[C@@H]2C3)c(=O)[nH]1.Nc1nc2c(ncn2[C@@H]2O[C@@H]3COP(O)(=S)O[C@H]4[C@H](F)[C@H](n5cnc6c5N=CCC6=O)O[C@@H]4COP(=S)(S)O[C@@H]2C3)c(=O)[nH]1.Nc1nc2c(ncn2[C@@H]2S[C@@H]3COP(=O)(O)O[C@H]4[C@@H](O)[C@H](n5cnc6c5N=CCC6=O)O[C@@H]4COP(=O)(O)O[C@@H]2[C@@H]3O)c(=O)[nH]1. The minimum absolute atomic E-state index is 0.0134. The topological polar surface area (TPSA) is 720 Å². The predicted octanol–water partition coefficient (Wildman–Crippen LogP) is 3.16. The molecule has 9 saturated heterocycles. The Morgan fingerprint density at radius 1 is 0.429 bits per heavy atom. The molecule has 21 heterocycles. The number of thiol groups is 3. The van der Waals surface area contributed by atoms with E-state index in [-0.39, 0.29) is 155 Å². The number of carbonyl (C=O) groups excluding carboxylic acids is 3. The predicted molar refractivity (Wildman–Crippen MR) is 471 cm³/mol. The fourth-order valence-electron chi connectivity index (χ4n) is 16.2. The number of aliphatic hydroxyl groups excluding tert-OH is 2. The molecule has 70 heteroatoms. The van der Waals surface area contributed by atoms with Crippen LogP contribution in [0.4, 0.5) is 44.1 Å². The molecule has 21 rings (SSSR count). The van der Waals surface area contributed by atoms with Crippen LogP contribution >= 0.6 is 89.1 Å². The van der Waals surface area contributed by atoms with Crippen LogP contribution in [-0.2, 0) is 127 Å². The van der Waals surface area contributed by atoms with E-state index in [1.807, 2.05) is 0 Å². The van der Waals surface area contributed by atoms with Crippen LogP contribution in [0.25, 0.3) is 33.5 Å². The average molecular weight is 2110 g/mol. The van der Waals surface area contributed by atoms with Crippen LogP contribution in [0.2, 0.25) is 0 Å². The molecule has 12 aliphatic rings. The maximum Gasteiger partial charge on any atom is 0.472 e. The van der Waals surface area contributed by atoms with Crippen molar-refractivity contribution in [1.29, 1.82) is 0 Å². The molecule has 0 amide bonds. The molecule has 9 aromatic rings. The number of alkyl halides is 2. The van der Waals surface area contributed by atoms with Crippen LogP contribution in [0, 0.1) is 0 Å². The number of hydrogen-bond acceptors (Lipinski definition) is 47. The summed E-state index contributed by atoms with van der Waals surface area (Å²) in [7, 11) is -10.1. The van der Waals surface area contributed by atoms with E-state index in [1.54, 1.807) is 0 Å². The summed E-state index contributed by atoms with van der Waals surface area (Å²) in [4.78, 5) is 162. The Bertz CT molecular complexity index is 6530. The summed E-state index contributed by atoms with van der Waals surface area (Å²) < 4.78 is 177. The number of aliphatic imine (C=N–C) groups is 3. The molecule has 9 aromatic heterocycles. The average Bonchev–Trinajstić information content (AvgIpc) is 1.60. The van der Waals surface area contributed by atoms with Gasteiger partial charge in [-0.05, 0) is 35.4 Å². The number of fused-ring (bicyclic) bond motifs is 15. The van der Waals surface area contributed by atoms with Crippen molar-refractivity contribution >= 4 is 229 Å². The van der Waals surface area contributed by atoms with E-state index in [0.29, 0.717) is 0 Å². The number of thioether (sulfide) groups is 1. The van der Waals surface area contributed by atoms with E-state index in [4.69, 9.17) is 131 Å². The van der Waals surface area contributed by atoms with Crippen molar-refractivity contribution in [1.82, 2.24) is 87.2 Å². The zero-order valence-electron chi connectivity index (χ0n) is 66.7. The first-order valence-electron chi connectivity index (χ1n) is 39.2. The number of nitrogens with zero attached hydrogens (tertiary/aromatic N) is 18. The van der Waals surface area contributed by atoms with Crippen molar-refractivity contribution in [3.8, 4) is 0 Å². The number of halogens is 2. The van der Waals surface area contributed by atoms with Gasteiger partial charge in [-0.3, -0.25) is 103 Å². The molecule has 6 unspecified atom stereocenters. The number of H-pyrrole nitrogens is 3. The Morgan fingerprint density at radius 3 is 1.28 bits per heavy atom. The number of Topliss-reactive ketones (excluding diaryl/α,β-unsaturated/α-hetero) is 3. The Labute approximate surface area is 774 Å². The minimum Gasteiger partial charge on any atom is -0.389 e. The highest BCUT2D eigenvalue weighted by atomic mass is 32.9. The van der Waals surface area contributed by atoms with Crippen LogP contribution < -0.4 is 33.9 Å². The third-order valence-electron chi connectivity index (χ3n) is 22.0. The van der Waals surface area contributed by atoms with Gasteiger partial charge in [0.15, 0.2) is 129 Å². The van der Waals surface area contributed by atoms with Gasteiger partial charge in [-0.2, -0.15) is 15.0 Å². The highest BCUT2D eigenvalue weighted by Crippen LogP contribution is 2.64. The summed E-state index contributed by atoms with van der Waals surface area (Å²) in [6.07, 6.45) is -14.2. The second-order valence-electron chi connectivity index (χ2n) is 30.7. The number of carbonyl (C=O) groups is 3. The molecule has 0 saturated carbocycles. The Kier molecular flexibility index (Phi) is 26.2. The number of nitrogens with two attached hydrogens (primary N) is 3. The van der Waals surface area contributed by atoms with Crippen LogP contribution in [-0.4, -0.2) is 285 Å². The molecule has 714 valence electrons. The van der Waals surface area contributed by atoms with Crippen molar-refractivity contribution in [3.05, 3.63) is 86.1 Å². The van der Waals surface area contributed by atoms with Gasteiger partial charge in [0.25, 0.3) is 16.7 Å². The van der Waals surface area contributed by atoms with Gasteiger partial charge in [-0.1, -0.05) is 36.7 Å². The van der Waals surface area contributed by atoms with E-state index >= 15 is 8.78 Å². The molecule has 0 aliphatic carbocycles. The number of aromatic amines is 3. The van der Waals surface area contributed by atoms with E-state index in [0.717, 1.165) is 11.8 Å². The highest BCUT2D eigenvalue weighted by molar-refractivity contribution is 8.60. The van der Waals surface area contributed by atoms with Crippen molar-refractivity contribution in [3.63, 3.8) is 0 Å². The van der Waals surface area contributed by atoms with Gasteiger partial charge in [-0.25, -0.2) is 67.4 Å². The summed E-state index contributed by atoms with van der Waals surface area (Å²) in [6.45, 7) is -11.1. The third-order valence-corrected chi connectivity index (χ3v) is 33.1. The summed E-state index contributed by atoms with van der Waals surface area (Å²) in [6, 6.07) is 0. The van der Waals surface area contributed by atoms with Gasteiger partial charge in [0.1, 0.15) is 66.4 Å². The molecule has 55 nitrogen and oxygen atoms in total. The maximum atomic E-state index is 16.0. The molecule has 133 heavy (non-hydrogen) atoms. The van der Waals surface area contributed by atoms with Gasteiger partial charge >= 0.3 is 29.2 Å². The lowest BCUT2D eigenvalue weighted by Crippen LogP contribution is -2.36. The van der Waals surface area contributed by atoms with Crippen molar-refractivity contribution in [2.45, 2.75) is 166 Å². The number of phosphoric acid groups is 2. The fourth-order valence-corrected chi connectivity index (χ4v) is 26.7. The number of nitrogen functional groups attached to an aromatic ring is 3. The largest absolute Gasteiger partial charge is 0.472 e. The molecule has 0 aromatic carbocycles. The highest BCUT2D eigenvalue weighted by Gasteiger charge is 2.58. The number of imidazole rings is 6. The number of aromatic nitrogens is 18. The number of anilines is 3. The minimum atomic E-state index is -5.06. The molecule has 6 bridgehead atoms. The summed E-state index contributed by atoms with van der Waals surface area (Å²) >= 11 is 30.3. The van der Waals surface area contributed by atoms with Crippen LogP contribution in [0.3, 0.4) is 0 Å². The van der Waals surface area contributed by atoms with Gasteiger partial charge in [0, 0.05) is 50.7 Å². The quantitative estimate of drug-likeness (QED) is 0.0839. The fraction of sp³-hybridized carbons (Fsp3) is 0.524. The number of rotatable bonds is 6. The normalized spacial score (nSPS) is 38.1. The van der Waals surface area contributed by atoms with E-state index < -0.39 is 211 Å². The second-order valence-corrected chi connectivity index (χ2v) is 51.0. The zero-order valence-corrected chi connectivity index (χ0v) is 78.0. The van der Waals surface area contributed by atoms with E-state index in [2.05, 4.69) is 112 Å². The van der Waals surface area contributed by atoms with Gasteiger partial charge in [0.05, 0.1) is 101 Å². The van der Waals surface area contributed by atoms with E-state index in [9.17, 15) is 67.4 Å². The first kappa shape index (κ1) is 95.1. The molecule has 14 N–H and O–H groups in total. The Morgan fingerprint density at radius 2 is 0.812 bits per heavy atom. The summed E-state index contributed by atoms with van der Waals surface area (Å²) in [5, 5.41) is 20.1. The third kappa shape index (κ3) is 19.1. The molecule has 0 spiro atoms. The number of hydrogen-bond donors (Lipinski definition) is 14. The first-order chi connectivity index (χ1) is 63.1. The summed E-state index contributed by atoms with van der Waals surface area (Å²) in [5.74, 6) is -1.11. The first-order valence-corrected chi connectivity index (χ1v) is 56.0. The smallest absolute Gasteiger partial charge is 0.389 e. The van der Waals surface area contributed by atoms with Crippen LogP contribution in [0.15, 0.2) is 67.3 Å². The standard InChI is InChI=1S/2C21H23FN8O9P2S3.C21H24N8O13P2S/c2*22-12-15-11(37-20(12)29-6-25-13-9(31)1-2-24-16(13)29)5-35-41(43,44)38-10-3-8(4-34-40(33,42)39-15)36-19(10)30-7-26-14-17(30)27-21(23)28-18(14)32;22-21-26-17-11(18(33)27-21)25-6-29(17)20-15-12(31)9(45-20)4-39-44(36,37)41-14-8(3-38-43(34,35)42-15)40-19(13(14)32)28-5-24-10-7(30)1-2-23-16(10)28/h2*2,6-8,10-12,15,19-20H,1,3-5H2,(H,33,42)(H,43,44)(H3,23,27,28,32);2,5-6,8-9,12-15,19-20,31-32H,1,3-4H2,(H,34,35)(H,36,37)(H3,22,26,27,33)/t2*8-,10+,11+,12-,15+,19+,20+,40?;8-,9-,12-,13-,14-,15-,19-,20-/m001/s1. The zero-order chi connectivity index (χ0) is 93.8. The number of nitrogens with one attached hydrogen (secondary N) is 3. The lowest BCUT2D eigenvalue weighted by Gasteiger charge is -2.28. The molecular weight excluding hydrogens is 2040 g/mol. The monoisotopic (exact) mass is 2110 g/mol. The van der Waals surface area contributed by atoms with Crippen molar-refractivity contribution in [2.75, 3.05) is 56.8 Å². The van der Waals surface area contributed by atoms with Crippen molar-refractivity contribution in [2.24, 2.45) is 15.0 Å². The van der Waals surface area contributed by atoms with Crippen LogP contribution in [0.1, 0.15) is 100 Å². The molecule has 0 radical (unpaired) electrons. The lowest BCUT2D eigenvalue weighted by atomic mass is 10.1. The van der Waals surface area contributed by atoms with Crippen molar-refractivity contribution < 1.29 is 140 Å². The summed E-state index contributed by atoms with van der Waals surface area (Å²) in [5.41, 5.74) is 8.94. The molecule has 9 fully saturated rings. The van der Waals surface area contributed by atoms with Gasteiger partial charge in [-0.15, -0.1) is 11.8 Å². The molecular formula is C63H70F2N24O31P6S7. The number of aliphatic hydroxyl groups is 2. The van der Waals surface area contributed by atoms with Crippen LogP contribution in [0.5, 0.6) is 0 Å². The maximum absolute atomic E-state index is 16.0. The number of ether oxygens (including phenoxy) is 5. The molecule has 12 aliphatic heterocycles. The lowest BCUT2D eigenvalue weighted by molar-refractivity contribution is -0.0554. The van der Waals surface area contributed by atoms with E-state index in [1.165, 1.54) is 84.0 Å². The number of ketones is 3.